The molecule has 4 rings (SSSR count). The van der Waals surface area contributed by atoms with Crippen LogP contribution in [0.1, 0.15) is 49.1 Å². The fourth-order valence-electron chi connectivity index (χ4n) is 4.98. The number of benzene rings is 2. The maximum atomic E-state index is 12.9. The summed E-state index contributed by atoms with van der Waals surface area (Å²) in [7, 11) is 1.60. The molecule has 0 heterocycles. The van der Waals surface area contributed by atoms with Crippen molar-refractivity contribution in [3.05, 3.63) is 59.7 Å². The van der Waals surface area contributed by atoms with E-state index < -0.39 is 24.0 Å². The number of methoxy groups -OCH3 is 1. The quantitative estimate of drug-likeness (QED) is 0.522. The fourth-order valence-corrected chi connectivity index (χ4v) is 4.98. The second kappa shape index (κ2) is 10.7. The molecule has 3 N–H and O–H groups in total. The lowest BCUT2D eigenvalue weighted by Gasteiger charge is -2.24. The van der Waals surface area contributed by atoms with Crippen LogP contribution in [0.5, 0.6) is 0 Å². The maximum Gasteiger partial charge on any atom is 0.407 e. The fraction of sp³-hybridized carbons (Fsp3) is 0.423. The van der Waals surface area contributed by atoms with Crippen molar-refractivity contribution in [2.75, 3.05) is 13.7 Å². The van der Waals surface area contributed by atoms with Gasteiger partial charge in [0.25, 0.3) is 0 Å². The predicted molar refractivity (Wildman–Crippen MR) is 125 cm³/mol. The summed E-state index contributed by atoms with van der Waals surface area (Å²) in [6, 6.07) is 14.9. The van der Waals surface area contributed by atoms with Crippen LogP contribution in [0.4, 0.5) is 4.79 Å². The van der Waals surface area contributed by atoms with E-state index in [1.54, 1.807) is 7.11 Å². The number of carboxylic acid groups (broad SMARTS) is 1. The second-order valence-corrected chi connectivity index (χ2v) is 8.78. The van der Waals surface area contributed by atoms with Gasteiger partial charge in [0.2, 0.25) is 5.91 Å². The van der Waals surface area contributed by atoms with Crippen LogP contribution in [-0.2, 0) is 19.1 Å². The van der Waals surface area contributed by atoms with Gasteiger partial charge in [-0.05, 0) is 47.9 Å². The zero-order chi connectivity index (χ0) is 24.1. The molecule has 2 aromatic rings. The largest absolute Gasteiger partial charge is 0.481 e. The van der Waals surface area contributed by atoms with Gasteiger partial charge in [-0.25, -0.2) is 4.79 Å². The summed E-state index contributed by atoms with van der Waals surface area (Å²) in [5, 5.41) is 14.6. The first kappa shape index (κ1) is 23.8. The first-order valence-corrected chi connectivity index (χ1v) is 11.6. The zero-order valence-electron chi connectivity index (χ0n) is 19.2. The molecule has 3 atom stereocenters. The molecule has 0 aromatic heterocycles. The number of aliphatic carboxylic acids is 1. The minimum absolute atomic E-state index is 0.0320. The summed E-state index contributed by atoms with van der Waals surface area (Å²) in [6.45, 7) is 0.113. The monoisotopic (exact) mass is 466 g/mol. The van der Waals surface area contributed by atoms with Gasteiger partial charge in [0, 0.05) is 19.4 Å². The minimum atomic E-state index is -1.04. The van der Waals surface area contributed by atoms with Crippen molar-refractivity contribution in [1.29, 1.82) is 0 Å². The summed E-state index contributed by atoms with van der Waals surface area (Å²) in [6.07, 6.45) is 1.45. The van der Waals surface area contributed by atoms with Crippen molar-refractivity contribution in [3.8, 4) is 11.1 Å². The Morgan fingerprint density at radius 3 is 2.29 bits per heavy atom. The molecule has 0 saturated heterocycles. The molecule has 0 radical (unpaired) electrons. The first-order valence-electron chi connectivity index (χ1n) is 11.6. The summed E-state index contributed by atoms with van der Waals surface area (Å²) in [5.74, 6) is -1.57. The molecule has 8 heteroatoms. The third-order valence-electron chi connectivity index (χ3n) is 6.68. The Kier molecular flexibility index (Phi) is 7.47. The highest BCUT2D eigenvalue weighted by Crippen LogP contribution is 2.44. The third-order valence-corrected chi connectivity index (χ3v) is 6.68. The van der Waals surface area contributed by atoms with Crippen molar-refractivity contribution < 1.29 is 29.0 Å². The molecule has 2 aliphatic rings. The molecule has 1 fully saturated rings. The molecule has 0 bridgehead atoms. The Morgan fingerprint density at radius 2 is 1.68 bits per heavy atom. The average Bonchev–Trinajstić information content (AvgIpc) is 3.42. The van der Waals surface area contributed by atoms with Crippen LogP contribution >= 0.6 is 0 Å². The van der Waals surface area contributed by atoms with E-state index in [1.807, 2.05) is 36.4 Å². The van der Waals surface area contributed by atoms with Gasteiger partial charge in [-0.2, -0.15) is 0 Å². The van der Waals surface area contributed by atoms with Gasteiger partial charge in [-0.15, -0.1) is 0 Å². The van der Waals surface area contributed by atoms with E-state index in [1.165, 1.54) is 0 Å². The van der Waals surface area contributed by atoms with E-state index in [4.69, 9.17) is 14.6 Å². The van der Waals surface area contributed by atoms with Crippen LogP contribution in [0.3, 0.4) is 0 Å². The zero-order valence-corrected chi connectivity index (χ0v) is 19.2. The second-order valence-electron chi connectivity index (χ2n) is 8.78. The lowest BCUT2D eigenvalue weighted by molar-refractivity contribution is -0.137. The van der Waals surface area contributed by atoms with E-state index >= 15 is 0 Å². The van der Waals surface area contributed by atoms with Crippen molar-refractivity contribution >= 4 is 18.0 Å². The molecular weight excluding hydrogens is 436 g/mol. The molecule has 2 amide bonds. The van der Waals surface area contributed by atoms with Crippen molar-refractivity contribution in [1.82, 2.24) is 10.6 Å². The molecule has 2 aromatic carbocycles. The van der Waals surface area contributed by atoms with Gasteiger partial charge in [0.15, 0.2) is 0 Å². The topological polar surface area (TPSA) is 114 Å². The van der Waals surface area contributed by atoms with Gasteiger partial charge in [0.05, 0.1) is 12.1 Å². The van der Waals surface area contributed by atoms with Gasteiger partial charge in [-0.1, -0.05) is 48.5 Å². The van der Waals surface area contributed by atoms with Crippen LogP contribution in [-0.4, -0.2) is 55.0 Å². The first-order chi connectivity index (χ1) is 16.5. The minimum Gasteiger partial charge on any atom is -0.481 e. The number of carbonyl (C=O) groups is 3. The Morgan fingerprint density at radius 1 is 1.03 bits per heavy atom. The molecule has 0 aliphatic heterocycles. The molecule has 1 saturated carbocycles. The van der Waals surface area contributed by atoms with E-state index in [0.29, 0.717) is 0 Å². The summed E-state index contributed by atoms with van der Waals surface area (Å²) >= 11 is 0. The lowest BCUT2D eigenvalue weighted by atomic mass is 9.98. The number of ether oxygens (including phenoxy) is 2. The van der Waals surface area contributed by atoms with Crippen molar-refractivity contribution in [3.63, 3.8) is 0 Å². The van der Waals surface area contributed by atoms with Crippen LogP contribution in [0.15, 0.2) is 48.5 Å². The smallest absolute Gasteiger partial charge is 0.407 e. The summed E-state index contributed by atoms with van der Waals surface area (Å²) < 4.78 is 11.0. The van der Waals surface area contributed by atoms with E-state index in [0.717, 1.165) is 41.5 Å². The number of rotatable bonds is 9. The highest BCUT2D eigenvalue weighted by atomic mass is 16.5. The number of carbonyl (C=O) groups excluding carboxylic acids is 2. The Hall–Kier alpha value is -3.39. The average molecular weight is 467 g/mol. The number of fused-ring (bicyclic) bond motifs is 3. The molecule has 0 spiro atoms. The maximum absolute atomic E-state index is 12.9. The van der Waals surface area contributed by atoms with Crippen LogP contribution in [0.25, 0.3) is 11.1 Å². The molecule has 8 nitrogen and oxygen atoms in total. The number of amides is 2. The van der Waals surface area contributed by atoms with E-state index in [-0.39, 0.29) is 37.5 Å². The number of carboxylic acids is 1. The summed E-state index contributed by atoms with van der Waals surface area (Å²) in [4.78, 5) is 36.6. The molecule has 1 unspecified atom stereocenters. The summed E-state index contributed by atoms with van der Waals surface area (Å²) in [5.41, 5.74) is 4.41. The number of nitrogens with one attached hydrogen (secondary N) is 2. The number of hydrogen-bond donors (Lipinski definition) is 3. The van der Waals surface area contributed by atoms with Crippen LogP contribution < -0.4 is 10.6 Å². The lowest BCUT2D eigenvalue weighted by Crippen LogP contribution is -2.51. The SMILES string of the molecule is CO[C@@H]1CCC[C@H]1NC(=O)C(CCC(=O)O)NC(=O)OCC1c2ccccc2-c2ccccc21. The number of alkyl carbamates (subject to hydrolysis) is 1. The third kappa shape index (κ3) is 5.22. The van der Waals surface area contributed by atoms with Crippen molar-refractivity contribution in [2.24, 2.45) is 0 Å². The standard InChI is InChI=1S/C26H30N2O6/c1-33-23-12-6-11-21(23)27-25(31)22(13-14-24(29)30)28-26(32)34-15-20-18-9-4-2-7-16(18)17-8-3-5-10-19(17)20/h2-5,7-10,20-23H,6,11-15H2,1H3,(H,27,31)(H,28,32)(H,29,30)/t21-,22?,23-/m1/s1. The van der Waals surface area contributed by atoms with E-state index in [2.05, 4.69) is 22.8 Å². The van der Waals surface area contributed by atoms with Crippen LogP contribution in [0.2, 0.25) is 0 Å². The predicted octanol–water partition coefficient (Wildman–Crippen LogP) is 3.44. The van der Waals surface area contributed by atoms with Gasteiger partial charge in [0.1, 0.15) is 12.6 Å². The Labute approximate surface area is 198 Å². The highest BCUT2D eigenvalue weighted by Gasteiger charge is 2.32. The number of hydrogen-bond acceptors (Lipinski definition) is 5. The van der Waals surface area contributed by atoms with Crippen LogP contribution in [0, 0.1) is 0 Å². The Bertz CT molecular complexity index is 1010. The van der Waals surface area contributed by atoms with Gasteiger partial charge in [-0.3, -0.25) is 9.59 Å². The highest BCUT2D eigenvalue weighted by molar-refractivity contribution is 5.86. The molecule has 2 aliphatic carbocycles. The van der Waals surface area contributed by atoms with Gasteiger partial charge >= 0.3 is 12.1 Å². The Balaban J connectivity index is 1.40. The van der Waals surface area contributed by atoms with Gasteiger partial charge < -0.3 is 25.2 Å². The van der Waals surface area contributed by atoms with Crippen molar-refractivity contribution in [2.45, 2.75) is 56.2 Å². The molecule has 34 heavy (non-hydrogen) atoms. The normalized spacial score (nSPS) is 19.7. The molecule has 180 valence electrons. The molecular formula is C26H30N2O6. The van der Waals surface area contributed by atoms with E-state index in [9.17, 15) is 14.4 Å².